The molecule has 1 aromatic rings. The van der Waals surface area contributed by atoms with E-state index in [2.05, 4.69) is 13.8 Å². The molecular weight excluding hydrogens is 294 g/mol. The lowest BCUT2D eigenvalue weighted by Crippen LogP contribution is -2.38. The van der Waals surface area contributed by atoms with Gasteiger partial charge in [-0.15, -0.1) is 0 Å². The van der Waals surface area contributed by atoms with Crippen LogP contribution in [-0.4, -0.2) is 44.1 Å². The van der Waals surface area contributed by atoms with E-state index in [1.807, 2.05) is 0 Å². The van der Waals surface area contributed by atoms with Crippen molar-refractivity contribution in [3.05, 3.63) is 29.8 Å². The van der Waals surface area contributed by atoms with Crippen LogP contribution >= 0.6 is 0 Å². The number of benzene rings is 1. The van der Waals surface area contributed by atoms with Crippen molar-refractivity contribution in [1.82, 2.24) is 4.90 Å². The topological polar surface area (TPSA) is 55.8 Å². The first-order valence-corrected chi connectivity index (χ1v) is 7.90. The zero-order chi connectivity index (χ0) is 17.4. The Labute approximate surface area is 138 Å². The molecule has 0 aliphatic heterocycles. The third-order valence-electron chi connectivity index (χ3n) is 3.68. The average Bonchev–Trinajstić information content (AvgIpc) is 2.56. The molecule has 1 amide bonds. The van der Waals surface area contributed by atoms with E-state index in [9.17, 15) is 9.59 Å². The Morgan fingerprint density at radius 3 is 2.43 bits per heavy atom. The standard InChI is InChI=1S/C18H27NO4/c1-13(2)9-10-19(12-14(3)18(21)23-5)17(20)15-7-6-8-16(11-15)22-4/h6-8,11,13-14H,9-10,12H2,1-5H3. The number of carbonyl (C=O) groups excluding carboxylic acids is 2. The Morgan fingerprint density at radius 2 is 1.87 bits per heavy atom. The lowest BCUT2D eigenvalue weighted by molar-refractivity contribution is -0.145. The summed E-state index contributed by atoms with van der Waals surface area (Å²) in [6, 6.07) is 7.06. The molecular formula is C18H27NO4. The largest absolute Gasteiger partial charge is 0.497 e. The predicted octanol–water partition coefficient (Wildman–Crippen LogP) is 2.99. The minimum Gasteiger partial charge on any atom is -0.497 e. The number of esters is 1. The fourth-order valence-corrected chi connectivity index (χ4v) is 2.23. The Hall–Kier alpha value is -2.04. The van der Waals surface area contributed by atoms with Gasteiger partial charge in [0, 0.05) is 18.7 Å². The Morgan fingerprint density at radius 1 is 1.17 bits per heavy atom. The van der Waals surface area contributed by atoms with E-state index < -0.39 is 0 Å². The highest BCUT2D eigenvalue weighted by molar-refractivity contribution is 5.94. The van der Waals surface area contributed by atoms with Crippen LogP contribution in [0, 0.1) is 11.8 Å². The van der Waals surface area contributed by atoms with Crippen LogP contribution < -0.4 is 4.74 Å². The Kier molecular flexibility index (Phi) is 7.59. The van der Waals surface area contributed by atoms with Crippen LogP contribution in [0.4, 0.5) is 0 Å². The normalized spacial score (nSPS) is 11.9. The van der Waals surface area contributed by atoms with Gasteiger partial charge in [0.15, 0.2) is 0 Å². The van der Waals surface area contributed by atoms with Crippen LogP contribution in [0.2, 0.25) is 0 Å². The second-order valence-corrected chi connectivity index (χ2v) is 6.09. The summed E-state index contributed by atoms with van der Waals surface area (Å²) in [6.45, 7) is 6.94. The Bertz CT molecular complexity index is 528. The highest BCUT2D eigenvalue weighted by Crippen LogP contribution is 2.16. The monoisotopic (exact) mass is 321 g/mol. The van der Waals surface area contributed by atoms with E-state index >= 15 is 0 Å². The Balaban J connectivity index is 2.92. The van der Waals surface area contributed by atoms with E-state index in [0.717, 1.165) is 6.42 Å². The quantitative estimate of drug-likeness (QED) is 0.691. The molecule has 5 nitrogen and oxygen atoms in total. The second-order valence-electron chi connectivity index (χ2n) is 6.09. The van der Waals surface area contributed by atoms with Gasteiger partial charge in [-0.05, 0) is 30.5 Å². The van der Waals surface area contributed by atoms with Gasteiger partial charge in [-0.2, -0.15) is 0 Å². The van der Waals surface area contributed by atoms with Gasteiger partial charge in [0.25, 0.3) is 5.91 Å². The van der Waals surface area contributed by atoms with Crippen molar-refractivity contribution >= 4 is 11.9 Å². The minimum absolute atomic E-state index is 0.0969. The molecule has 0 bridgehead atoms. The first-order valence-electron chi connectivity index (χ1n) is 7.90. The van der Waals surface area contributed by atoms with Gasteiger partial charge >= 0.3 is 5.97 Å². The van der Waals surface area contributed by atoms with E-state index in [1.54, 1.807) is 43.2 Å². The highest BCUT2D eigenvalue weighted by Gasteiger charge is 2.22. The average molecular weight is 321 g/mol. The number of hydrogen-bond donors (Lipinski definition) is 0. The van der Waals surface area contributed by atoms with Crippen LogP contribution in [-0.2, 0) is 9.53 Å². The van der Waals surface area contributed by atoms with E-state index in [1.165, 1.54) is 7.11 Å². The van der Waals surface area contributed by atoms with Crippen LogP contribution in [0.5, 0.6) is 5.75 Å². The molecule has 0 aliphatic carbocycles. The highest BCUT2D eigenvalue weighted by atomic mass is 16.5. The summed E-state index contributed by atoms with van der Waals surface area (Å²) in [5, 5.41) is 0. The van der Waals surface area contributed by atoms with E-state index in [-0.39, 0.29) is 17.8 Å². The molecule has 23 heavy (non-hydrogen) atoms. The molecule has 0 spiro atoms. The molecule has 0 fully saturated rings. The summed E-state index contributed by atoms with van der Waals surface area (Å²) in [4.78, 5) is 26.2. The third-order valence-corrected chi connectivity index (χ3v) is 3.68. The van der Waals surface area contributed by atoms with Crippen molar-refractivity contribution in [3.63, 3.8) is 0 Å². The smallest absolute Gasteiger partial charge is 0.310 e. The number of amides is 1. The van der Waals surface area contributed by atoms with Crippen molar-refractivity contribution in [2.75, 3.05) is 27.3 Å². The van der Waals surface area contributed by atoms with E-state index in [0.29, 0.717) is 30.3 Å². The molecule has 0 saturated carbocycles. The number of ether oxygens (including phenoxy) is 2. The number of nitrogens with zero attached hydrogens (tertiary/aromatic N) is 1. The number of carbonyl (C=O) groups is 2. The third kappa shape index (κ3) is 5.93. The minimum atomic E-state index is -0.360. The number of hydrogen-bond acceptors (Lipinski definition) is 4. The maximum atomic E-state index is 12.8. The summed E-state index contributed by atoms with van der Waals surface area (Å²) in [7, 11) is 2.93. The summed E-state index contributed by atoms with van der Waals surface area (Å²) >= 11 is 0. The fourth-order valence-electron chi connectivity index (χ4n) is 2.23. The summed E-state index contributed by atoms with van der Waals surface area (Å²) in [5.41, 5.74) is 0.560. The van der Waals surface area contributed by atoms with Crippen molar-refractivity contribution in [2.24, 2.45) is 11.8 Å². The van der Waals surface area contributed by atoms with Crippen LogP contribution in [0.25, 0.3) is 0 Å². The molecule has 0 radical (unpaired) electrons. The van der Waals surface area contributed by atoms with Gasteiger partial charge in [-0.1, -0.05) is 26.8 Å². The number of rotatable bonds is 8. The van der Waals surface area contributed by atoms with Gasteiger partial charge in [0.2, 0.25) is 0 Å². The van der Waals surface area contributed by atoms with Gasteiger partial charge < -0.3 is 14.4 Å². The van der Waals surface area contributed by atoms with Crippen molar-refractivity contribution in [2.45, 2.75) is 27.2 Å². The maximum absolute atomic E-state index is 12.8. The number of methoxy groups -OCH3 is 2. The van der Waals surface area contributed by atoms with Crippen molar-refractivity contribution in [1.29, 1.82) is 0 Å². The van der Waals surface area contributed by atoms with Crippen molar-refractivity contribution < 1.29 is 19.1 Å². The molecule has 1 aromatic carbocycles. The molecule has 1 atom stereocenters. The van der Waals surface area contributed by atoms with Crippen LogP contribution in [0.3, 0.4) is 0 Å². The molecule has 1 rings (SSSR count). The zero-order valence-electron chi connectivity index (χ0n) is 14.7. The van der Waals surface area contributed by atoms with Crippen LogP contribution in [0.1, 0.15) is 37.6 Å². The lowest BCUT2D eigenvalue weighted by atomic mass is 10.1. The van der Waals surface area contributed by atoms with Gasteiger partial charge in [0.1, 0.15) is 5.75 Å². The van der Waals surface area contributed by atoms with Crippen LogP contribution in [0.15, 0.2) is 24.3 Å². The van der Waals surface area contributed by atoms with E-state index in [4.69, 9.17) is 9.47 Å². The lowest BCUT2D eigenvalue weighted by Gasteiger charge is -2.26. The van der Waals surface area contributed by atoms with Crippen molar-refractivity contribution in [3.8, 4) is 5.75 Å². The van der Waals surface area contributed by atoms with Gasteiger partial charge in [-0.3, -0.25) is 9.59 Å². The second kappa shape index (κ2) is 9.18. The SMILES string of the molecule is COC(=O)C(C)CN(CCC(C)C)C(=O)c1cccc(OC)c1. The molecule has 1 unspecified atom stereocenters. The molecule has 0 aromatic heterocycles. The first-order chi connectivity index (χ1) is 10.9. The van der Waals surface area contributed by atoms with Gasteiger partial charge in [-0.25, -0.2) is 0 Å². The maximum Gasteiger partial charge on any atom is 0.310 e. The first kappa shape index (κ1) is 19.0. The molecule has 5 heteroatoms. The summed E-state index contributed by atoms with van der Waals surface area (Å²) < 4.78 is 9.94. The summed E-state index contributed by atoms with van der Waals surface area (Å²) in [5.74, 6) is 0.352. The molecule has 0 saturated heterocycles. The van der Waals surface area contributed by atoms with Gasteiger partial charge in [0.05, 0.1) is 20.1 Å². The predicted molar refractivity (Wildman–Crippen MR) is 89.5 cm³/mol. The fraction of sp³-hybridized carbons (Fsp3) is 0.556. The summed E-state index contributed by atoms with van der Waals surface area (Å²) in [6.07, 6.45) is 0.879. The molecule has 0 heterocycles. The molecule has 0 aliphatic rings. The molecule has 0 N–H and O–H groups in total. The molecule has 128 valence electrons. The zero-order valence-corrected chi connectivity index (χ0v) is 14.7.